The van der Waals surface area contributed by atoms with Crippen LogP contribution in [0.1, 0.15) is 45.4 Å². The number of carbonyl (C=O) groups is 3. The second kappa shape index (κ2) is 7.56. The van der Waals surface area contributed by atoms with Crippen LogP contribution in [-0.4, -0.2) is 40.5 Å². The Kier molecular flexibility index (Phi) is 6.39. The number of carbonyl (C=O) groups excluding carboxylic acids is 3. The highest BCUT2D eigenvalue weighted by Crippen LogP contribution is 2.24. The molecule has 1 unspecified atom stereocenters. The molecular weight excluding hydrogens is 250 g/mol. The molecule has 0 aliphatic carbocycles. The average Bonchev–Trinajstić information content (AvgIpc) is 2.60. The van der Waals surface area contributed by atoms with Crippen LogP contribution in [0.5, 0.6) is 0 Å². The Morgan fingerprint density at radius 1 is 1.33 bits per heavy atom. The van der Waals surface area contributed by atoms with Crippen LogP contribution in [0.25, 0.3) is 0 Å². The van der Waals surface area contributed by atoms with E-state index in [1.807, 2.05) is 0 Å². The lowest BCUT2D eigenvalue weighted by atomic mass is 10.1. The maximum atomic E-state index is 11.6. The van der Waals surface area contributed by atoms with Crippen LogP contribution in [0.15, 0.2) is 0 Å². The zero-order valence-electron chi connectivity index (χ0n) is 11.1. The number of rotatable bonds is 8. The monoisotopic (exact) mass is 271 g/mol. The van der Waals surface area contributed by atoms with E-state index < -0.39 is 0 Å². The third-order valence-corrected chi connectivity index (χ3v) is 4.35. The number of imide groups is 1. The molecule has 0 aromatic carbocycles. The van der Waals surface area contributed by atoms with Crippen molar-refractivity contribution in [2.75, 3.05) is 12.8 Å². The fraction of sp³-hybridized carbons (Fsp3) is 0.769. The van der Waals surface area contributed by atoms with E-state index in [0.29, 0.717) is 12.2 Å². The summed E-state index contributed by atoms with van der Waals surface area (Å²) in [6.45, 7) is 2.14. The molecule has 1 aliphatic rings. The summed E-state index contributed by atoms with van der Waals surface area (Å²) < 4.78 is 0. The van der Waals surface area contributed by atoms with Gasteiger partial charge in [-0.1, -0.05) is 26.2 Å². The highest BCUT2D eigenvalue weighted by atomic mass is 32.2. The molecule has 2 amide bonds. The summed E-state index contributed by atoms with van der Waals surface area (Å²) in [6.07, 6.45) is 5.19. The van der Waals surface area contributed by atoms with Crippen LogP contribution in [0.2, 0.25) is 0 Å². The van der Waals surface area contributed by atoms with Gasteiger partial charge in [-0.25, -0.2) is 0 Å². The summed E-state index contributed by atoms with van der Waals surface area (Å²) in [5, 5.41) is -0.345. The smallest absolute Gasteiger partial charge is 0.242 e. The molecule has 102 valence electrons. The standard InChI is InChI=1S/C13H21NO3S/c1-3-4-5-6-7-10(15)9-18-11-8-12(16)14(2)13(11)17/h11H,3-9H2,1-2H3. The molecule has 1 atom stereocenters. The fourth-order valence-corrected chi connectivity index (χ4v) is 2.96. The first kappa shape index (κ1) is 15.2. The maximum Gasteiger partial charge on any atom is 0.242 e. The van der Waals surface area contributed by atoms with E-state index >= 15 is 0 Å². The number of likely N-dealkylation sites (tertiary alicyclic amines) is 1. The number of hydrogen-bond donors (Lipinski definition) is 0. The lowest BCUT2D eigenvalue weighted by Crippen LogP contribution is -2.27. The van der Waals surface area contributed by atoms with Crippen molar-refractivity contribution in [2.24, 2.45) is 0 Å². The van der Waals surface area contributed by atoms with E-state index in [1.54, 1.807) is 0 Å². The van der Waals surface area contributed by atoms with Gasteiger partial charge >= 0.3 is 0 Å². The summed E-state index contributed by atoms with van der Waals surface area (Å²) in [5.41, 5.74) is 0. The SMILES string of the molecule is CCCCCCC(=O)CSC1CC(=O)N(C)C1=O. The van der Waals surface area contributed by atoms with Gasteiger partial charge in [-0.15, -0.1) is 11.8 Å². The molecule has 1 fully saturated rings. The molecule has 0 radical (unpaired) electrons. The van der Waals surface area contributed by atoms with E-state index in [4.69, 9.17) is 0 Å². The second-order valence-corrected chi connectivity index (χ2v) is 5.84. The summed E-state index contributed by atoms with van der Waals surface area (Å²) >= 11 is 1.31. The van der Waals surface area contributed by atoms with Crippen molar-refractivity contribution in [3.05, 3.63) is 0 Å². The van der Waals surface area contributed by atoms with Gasteiger partial charge in [-0.2, -0.15) is 0 Å². The Morgan fingerprint density at radius 2 is 2.06 bits per heavy atom. The lowest BCUT2D eigenvalue weighted by molar-refractivity contribution is -0.136. The van der Waals surface area contributed by atoms with Crippen LogP contribution in [0.4, 0.5) is 0 Å². The Balaban J connectivity index is 2.19. The van der Waals surface area contributed by atoms with Crippen molar-refractivity contribution in [3.63, 3.8) is 0 Å². The molecule has 0 spiro atoms. The Labute approximate surface area is 112 Å². The van der Waals surface area contributed by atoms with Crippen molar-refractivity contribution >= 4 is 29.4 Å². The zero-order valence-corrected chi connectivity index (χ0v) is 11.9. The second-order valence-electron chi connectivity index (χ2n) is 4.64. The molecule has 0 N–H and O–H groups in total. The summed E-state index contributed by atoms with van der Waals surface area (Å²) in [4.78, 5) is 35.6. The Bertz CT molecular complexity index is 330. The molecule has 0 saturated carbocycles. The molecule has 1 rings (SSSR count). The van der Waals surface area contributed by atoms with Crippen LogP contribution in [0.3, 0.4) is 0 Å². The van der Waals surface area contributed by atoms with Crippen molar-refractivity contribution in [1.82, 2.24) is 4.90 Å². The third kappa shape index (κ3) is 4.44. The molecule has 1 saturated heterocycles. The first-order valence-corrected chi connectivity index (χ1v) is 7.54. The van der Waals surface area contributed by atoms with Crippen molar-refractivity contribution in [1.29, 1.82) is 0 Å². The van der Waals surface area contributed by atoms with Crippen LogP contribution < -0.4 is 0 Å². The quantitative estimate of drug-likeness (QED) is 0.500. The van der Waals surface area contributed by atoms with Crippen LogP contribution in [-0.2, 0) is 14.4 Å². The Morgan fingerprint density at radius 3 is 2.61 bits per heavy atom. The van der Waals surface area contributed by atoms with Gasteiger partial charge in [0.1, 0.15) is 5.78 Å². The topological polar surface area (TPSA) is 54.5 Å². The van der Waals surface area contributed by atoms with Crippen molar-refractivity contribution in [3.8, 4) is 0 Å². The third-order valence-electron chi connectivity index (χ3n) is 3.09. The predicted octanol–water partition coefficient (Wildman–Crippen LogP) is 2.02. The van der Waals surface area contributed by atoms with Gasteiger partial charge in [0.2, 0.25) is 11.8 Å². The van der Waals surface area contributed by atoms with Gasteiger partial charge in [-0.3, -0.25) is 19.3 Å². The molecule has 0 bridgehead atoms. The molecule has 0 aromatic rings. The maximum absolute atomic E-state index is 11.6. The average molecular weight is 271 g/mol. The van der Waals surface area contributed by atoms with Gasteiger partial charge in [0, 0.05) is 19.9 Å². The van der Waals surface area contributed by atoms with Gasteiger partial charge in [0.15, 0.2) is 0 Å². The van der Waals surface area contributed by atoms with Crippen molar-refractivity contribution in [2.45, 2.75) is 50.7 Å². The van der Waals surface area contributed by atoms with Gasteiger partial charge in [0.25, 0.3) is 0 Å². The lowest BCUT2D eigenvalue weighted by Gasteiger charge is -2.07. The van der Waals surface area contributed by atoms with E-state index in [-0.39, 0.29) is 29.3 Å². The van der Waals surface area contributed by atoms with E-state index in [9.17, 15) is 14.4 Å². The zero-order chi connectivity index (χ0) is 13.5. The van der Waals surface area contributed by atoms with E-state index in [2.05, 4.69) is 6.92 Å². The number of hydrogen-bond acceptors (Lipinski definition) is 4. The predicted molar refractivity (Wildman–Crippen MR) is 72.4 cm³/mol. The van der Waals surface area contributed by atoms with Gasteiger partial charge in [-0.05, 0) is 6.42 Å². The number of amides is 2. The highest BCUT2D eigenvalue weighted by Gasteiger charge is 2.36. The number of thioether (sulfide) groups is 1. The number of nitrogens with zero attached hydrogens (tertiary/aromatic N) is 1. The summed E-state index contributed by atoms with van der Waals surface area (Å²) in [7, 11) is 1.50. The molecular formula is C13H21NO3S. The largest absolute Gasteiger partial charge is 0.299 e. The summed E-state index contributed by atoms with van der Waals surface area (Å²) in [5.74, 6) is 0.228. The van der Waals surface area contributed by atoms with Gasteiger partial charge in [0.05, 0.1) is 11.0 Å². The minimum atomic E-state index is -0.345. The molecule has 0 aromatic heterocycles. The van der Waals surface area contributed by atoms with E-state index in [0.717, 1.165) is 24.2 Å². The fourth-order valence-electron chi connectivity index (χ4n) is 1.87. The number of unbranched alkanes of at least 4 members (excludes halogenated alkanes) is 3. The molecule has 1 heterocycles. The molecule has 18 heavy (non-hydrogen) atoms. The molecule has 5 heteroatoms. The first-order chi connectivity index (χ1) is 8.56. The highest BCUT2D eigenvalue weighted by molar-refractivity contribution is 8.01. The van der Waals surface area contributed by atoms with Crippen LogP contribution in [0, 0.1) is 0 Å². The van der Waals surface area contributed by atoms with Gasteiger partial charge < -0.3 is 0 Å². The molecule has 1 aliphatic heterocycles. The minimum Gasteiger partial charge on any atom is -0.299 e. The van der Waals surface area contributed by atoms with E-state index in [1.165, 1.54) is 25.2 Å². The summed E-state index contributed by atoms with van der Waals surface area (Å²) in [6, 6.07) is 0. The normalized spacial score (nSPS) is 19.7. The van der Waals surface area contributed by atoms with Crippen molar-refractivity contribution < 1.29 is 14.4 Å². The Hall–Kier alpha value is -0.840. The molecule has 4 nitrogen and oxygen atoms in total. The number of ketones is 1. The minimum absolute atomic E-state index is 0.145. The number of Topliss-reactive ketones (excluding diaryl/α,β-unsaturated/α-hetero) is 1. The first-order valence-electron chi connectivity index (χ1n) is 6.50. The van der Waals surface area contributed by atoms with Crippen LogP contribution >= 0.6 is 11.8 Å².